The van der Waals surface area contributed by atoms with Crippen LogP contribution in [-0.2, 0) is 16.1 Å². The molecular weight excluding hydrogens is 470 g/mol. The van der Waals surface area contributed by atoms with Gasteiger partial charge >= 0.3 is 0 Å². The highest BCUT2D eigenvalue weighted by molar-refractivity contribution is 6.50. The summed E-state index contributed by atoms with van der Waals surface area (Å²) < 4.78 is 2.05. The molecule has 9 nitrogen and oxygen atoms in total. The maximum Gasteiger partial charge on any atom is 0.270 e. The fraction of sp³-hybridized carbons (Fsp3) is 0.286. The molecular formula is C28H27N5O4. The number of aromatic nitrogens is 2. The Kier molecular flexibility index (Phi) is 5.84. The summed E-state index contributed by atoms with van der Waals surface area (Å²) in [5.41, 5.74) is 3.28. The summed E-state index contributed by atoms with van der Waals surface area (Å²) in [6.45, 7) is 3.92. The minimum atomic E-state index is -0.496. The topological polar surface area (TPSA) is 113 Å². The second-order valence-electron chi connectivity index (χ2n) is 9.73. The lowest BCUT2D eigenvalue weighted by atomic mass is 9.95. The summed E-state index contributed by atoms with van der Waals surface area (Å²) in [7, 11) is 0. The second-order valence-corrected chi connectivity index (χ2v) is 9.73. The SMILES string of the molecule is O=C1NC(=O)C(c2cn(CCCN3CCCCC3)c3ccc([N+](=O)[O-])cc23)=C1c1c[nH]c2ccccc12. The zero-order valence-electron chi connectivity index (χ0n) is 20.3. The normalized spacial score (nSPS) is 16.8. The van der Waals surface area contributed by atoms with E-state index in [0.717, 1.165) is 42.5 Å². The van der Waals surface area contributed by atoms with Crippen molar-refractivity contribution >= 4 is 50.5 Å². The van der Waals surface area contributed by atoms with Crippen molar-refractivity contribution in [1.29, 1.82) is 0 Å². The standard InChI is InChI=1S/C28H27N5O4/c34-27-25(21-16-29-23-8-3-2-7-19(21)23)26(28(35)30-27)22-17-32(14-6-13-31-11-4-1-5-12-31)24-10-9-18(33(36)37)15-20(22)24/h2-3,7-10,15-17,29H,1,4-6,11-14H2,(H,30,34,35). The fourth-order valence-corrected chi connectivity index (χ4v) is 5.68. The molecule has 0 atom stereocenters. The summed E-state index contributed by atoms with van der Waals surface area (Å²) in [4.78, 5) is 43.0. The van der Waals surface area contributed by atoms with Crippen molar-refractivity contribution in [1.82, 2.24) is 19.8 Å². The molecule has 0 unspecified atom stereocenters. The molecule has 2 amide bonds. The summed E-state index contributed by atoms with van der Waals surface area (Å²) in [6.07, 6.45) is 8.27. The van der Waals surface area contributed by atoms with Crippen LogP contribution in [0.4, 0.5) is 5.69 Å². The number of aryl methyl sites for hydroxylation is 1. The van der Waals surface area contributed by atoms with Crippen molar-refractivity contribution in [2.45, 2.75) is 32.2 Å². The number of nitro groups is 1. The Balaban J connectivity index is 1.47. The van der Waals surface area contributed by atoms with Crippen LogP contribution in [-0.4, -0.2) is 50.8 Å². The number of likely N-dealkylation sites (tertiary alicyclic amines) is 1. The Hall–Kier alpha value is -4.24. The maximum atomic E-state index is 13.2. The van der Waals surface area contributed by atoms with E-state index in [9.17, 15) is 19.7 Å². The van der Waals surface area contributed by atoms with Gasteiger partial charge in [-0.15, -0.1) is 0 Å². The number of hydrogen-bond donors (Lipinski definition) is 2. The van der Waals surface area contributed by atoms with Gasteiger partial charge < -0.3 is 14.5 Å². The third kappa shape index (κ3) is 4.11. The van der Waals surface area contributed by atoms with Gasteiger partial charge in [-0.1, -0.05) is 24.6 Å². The number of fused-ring (bicyclic) bond motifs is 2. The fourth-order valence-electron chi connectivity index (χ4n) is 5.68. The van der Waals surface area contributed by atoms with Crippen molar-refractivity contribution in [3.63, 3.8) is 0 Å². The molecule has 0 radical (unpaired) electrons. The van der Waals surface area contributed by atoms with E-state index in [1.807, 2.05) is 35.0 Å². The highest BCUT2D eigenvalue weighted by Crippen LogP contribution is 2.39. The second kappa shape index (κ2) is 9.33. The molecule has 37 heavy (non-hydrogen) atoms. The van der Waals surface area contributed by atoms with Gasteiger partial charge in [0, 0.05) is 64.0 Å². The van der Waals surface area contributed by atoms with Crippen LogP contribution in [0.3, 0.4) is 0 Å². The van der Waals surface area contributed by atoms with Crippen LogP contribution in [0.15, 0.2) is 54.9 Å². The molecule has 0 saturated carbocycles. The molecule has 2 aromatic heterocycles. The molecule has 4 heterocycles. The number of piperidine rings is 1. The number of rotatable bonds is 7. The molecule has 0 bridgehead atoms. The van der Waals surface area contributed by atoms with Gasteiger partial charge in [-0.25, -0.2) is 0 Å². The smallest absolute Gasteiger partial charge is 0.270 e. The first-order valence-electron chi connectivity index (χ1n) is 12.7. The summed E-state index contributed by atoms with van der Waals surface area (Å²) >= 11 is 0. The molecule has 2 N–H and O–H groups in total. The number of para-hydroxylation sites is 1. The highest BCUT2D eigenvalue weighted by atomic mass is 16.6. The van der Waals surface area contributed by atoms with E-state index < -0.39 is 16.7 Å². The number of nitrogens with zero attached hydrogens (tertiary/aromatic N) is 3. The lowest BCUT2D eigenvalue weighted by Crippen LogP contribution is -2.31. The van der Waals surface area contributed by atoms with Gasteiger partial charge in [0.05, 0.1) is 16.1 Å². The summed E-state index contributed by atoms with van der Waals surface area (Å²) in [5, 5.41) is 15.5. The number of imide groups is 1. The van der Waals surface area contributed by atoms with E-state index >= 15 is 0 Å². The van der Waals surface area contributed by atoms with Crippen LogP contribution in [0, 0.1) is 10.1 Å². The van der Waals surface area contributed by atoms with Gasteiger partial charge in [0.15, 0.2) is 0 Å². The minimum absolute atomic E-state index is 0.0567. The predicted molar refractivity (Wildman–Crippen MR) is 142 cm³/mol. The number of H-pyrrole nitrogens is 1. The number of benzene rings is 2. The van der Waals surface area contributed by atoms with Gasteiger partial charge in [-0.05, 0) is 51.0 Å². The van der Waals surface area contributed by atoms with Gasteiger partial charge in [0.2, 0.25) is 0 Å². The Morgan fingerprint density at radius 2 is 1.65 bits per heavy atom. The largest absolute Gasteiger partial charge is 0.361 e. The summed E-state index contributed by atoms with van der Waals surface area (Å²) in [5.74, 6) is -0.967. The Labute approximate surface area is 212 Å². The molecule has 0 aliphatic carbocycles. The molecule has 4 aromatic rings. The minimum Gasteiger partial charge on any atom is -0.361 e. The van der Waals surface area contributed by atoms with Crippen LogP contribution in [0.25, 0.3) is 33.0 Å². The molecule has 2 aromatic carbocycles. The number of non-ortho nitro benzene ring substituents is 1. The lowest BCUT2D eigenvalue weighted by Gasteiger charge is -2.26. The molecule has 2 aliphatic heterocycles. The van der Waals surface area contributed by atoms with Crippen molar-refractivity contribution < 1.29 is 14.5 Å². The molecule has 0 spiro atoms. The van der Waals surface area contributed by atoms with Crippen molar-refractivity contribution in [3.05, 3.63) is 76.1 Å². The first kappa shape index (κ1) is 23.2. The van der Waals surface area contributed by atoms with E-state index in [1.54, 1.807) is 12.3 Å². The van der Waals surface area contributed by atoms with Gasteiger partial charge in [0.25, 0.3) is 17.5 Å². The molecule has 1 fully saturated rings. The zero-order chi connectivity index (χ0) is 25.5. The third-order valence-corrected chi connectivity index (χ3v) is 7.46. The number of carbonyl (C=O) groups excluding carboxylic acids is 2. The Morgan fingerprint density at radius 3 is 2.43 bits per heavy atom. The molecule has 2 aliphatic rings. The average Bonchev–Trinajstić information content (AvgIpc) is 3.57. The van der Waals surface area contributed by atoms with Crippen LogP contribution in [0.5, 0.6) is 0 Å². The molecule has 188 valence electrons. The molecule has 1 saturated heterocycles. The van der Waals surface area contributed by atoms with Gasteiger partial charge in [-0.2, -0.15) is 0 Å². The quantitative estimate of drug-likeness (QED) is 0.222. The third-order valence-electron chi connectivity index (χ3n) is 7.46. The van der Waals surface area contributed by atoms with Gasteiger partial charge in [-0.3, -0.25) is 25.0 Å². The number of amides is 2. The van der Waals surface area contributed by atoms with Gasteiger partial charge in [0.1, 0.15) is 0 Å². The number of aromatic amines is 1. The van der Waals surface area contributed by atoms with E-state index in [4.69, 9.17) is 0 Å². The van der Waals surface area contributed by atoms with E-state index in [2.05, 4.69) is 15.2 Å². The van der Waals surface area contributed by atoms with Crippen LogP contribution < -0.4 is 5.32 Å². The first-order chi connectivity index (χ1) is 18.0. The van der Waals surface area contributed by atoms with E-state index in [-0.39, 0.29) is 16.8 Å². The number of nitro benzene ring substituents is 1. The lowest BCUT2D eigenvalue weighted by molar-refractivity contribution is -0.384. The monoisotopic (exact) mass is 497 g/mol. The maximum absolute atomic E-state index is 13.2. The Bertz CT molecular complexity index is 1590. The number of hydrogen-bond acceptors (Lipinski definition) is 5. The number of carbonyl (C=O) groups is 2. The Morgan fingerprint density at radius 1 is 0.892 bits per heavy atom. The van der Waals surface area contributed by atoms with Crippen LogP contribution in [0.2, 0.25) is 0 Å². The molecule has 9 heteroatoms. The van der Waals surface area contributed by atoms with Crippen molar-refractivity contribution in [2.75, 3.05) is 19.6 Å². The van der Waals surface area contributed by atoms with E-state index in [1.165, 1.54) is 31.4 Å². The average molecular weight is 498 g/mol. The van der Waals surface area contributed by atoms with Crippen molar-refractivity contribution in [3.8, 4) is 0 Å². The van der Waals surface area contributed by atoms with Crippen LogP contribution >= 0.6 is 0 Å². The highest BCUT2D eigenvalue weighted by Gasteiger charge is 2.35. The molecule has 6 rings (SSSR count). The zero-order valence-corrected chi connectivity index (χ0v) is 20.3. The van der Waals surface area contributed by atoms with E-state index in [0.29, 0.717) is 23.1 Å². The first-order valence-corrected chi connectivity index (χ1v) is 12.7. The number of nitrogens with one attached hydrogen (secondary N) is 2. The predicted octanol–water partition coefficient (Wildman–Crippen LogP) is 4.47. The summed E-state index contributed by atoms with van der Waals surface area (Å²) in [6, 6.07) is 12.3. The van der Waals surface area contributed by atoms with Crippen molar-refractivity contribution in [2.24, 2.45) is 0 Å². The van der Waals surface area contributed by atoms with Crippen LogP contribution in [0.1, 0.15) is 36.8 Å².